The SMILES string of the molecule is CCn1c(CCC(=O)N2CCC2)nc2cc(S(=O)(=O)N(C)C)ccc21. The molecular formula is C17H24N4O3S. The summed E-state index contributed by atoms with van der Waals surface area (Å²) in [6.45, 7) is 4.46. The average molecular weight is 364 g/mol. The maximum absolute atomic E-state index is 12.3. The van der Waals surface area contributed by atoms with E-state index in [1.54, 1.807) is 18.2 Å². The normalized spacial score (nSPS) is 15.0. The lowest BCUT2D eigenvalue weighted by atomic mass is 10.2. The number of amides is 1. The van der Waals surface area contributed by atoms with Crippen LogP contribution in [0.2, 0.25) is 0 Å². The second-order valence-electron chi connectivity index (χ2n) is 6.44. The first-order valence-corrected chi connectivity index (χ1v) is 9.98. The van der Waals surface area contributed by atoms with Gasteiger partial charge >= 0.3 is 0 Å². The van der Waals surface area contributed by atoms with Crippen LogP contribution in [0, 0.1) is 0 Å². The summed E-state index contributed by atoms with van der Waals surface area (Å²) in [5, 5.41) is 0. The molecule has 1 aliphatic rings. The maximum atomic E-state index is 12.3. The lowest BCUT2D eigenvalue weighted by molar-refractivity contribution is -0.134. The van der Waals surface area contributed by atoms with Gasteiger partial charge in [0, 0.05) is 46.6 Å². The van der Waals surface area contributed by atoms with Gasteiger partial charge in [-0.1, -0.05) is 0 Å². The number of hydrogen-bond donors (Lipinski definition) is 0. The Morgan fingerprint density at radius 2 is 2.00 bits per heavy atom. The fraction of sp³-hybridized carbons (Fsp3) is 0.529. The highest BCUT2D eigenvalue weighted by Gasteiger charge is 2.22. The molecule has 1 fully saturated rings. The second kappa shape index (κ2) is 6.76. The number of hydrogen-bond acceptors (Lipinski definition) is 4. The first-order chi connectivity index (χ1) is 11.8. The molecule has 0 atom stereocenters. The van der Waals surface area contributed by atoms with Crippen LogP contribution in [0.15, 0.2) is 23.1 Å². The summed E-state index contributed by atoms with van der Waals surface area (Å²) >= 11 is 0. The number of nitrogens with zero attached hydrogens (tertiary/aromatic N) is 4. The summed E-state index contributed by atoms with van der Waals surface area (Å²) in [4.78, 5) is 18.8. The van der Waals surface area contributed by atoms with Gasteiger partial charge in [-0.3, -0.25) is 4.79 Å². The summed E-state index contributed by atoms with van der Waals surface area (Å²) in [6, 6.07) is 5.01. The molecule has 0 N–H and O–H groups in total. The maximum Gasteiger partial charge on any atom is 0.242 e. The monoisotopic (exact) mass is 364 g/mol. The number of carbonyl (C=O) groups excluding carboxylic acids is 1. The van der Waals surface area contributed by atoms with Crippen LogP contribution < -0.4 is 0 Å². The fourth-order valence-corrected chi connectivity index (χ4v) is 3.94. The Balaban J connectivity index is 1.90. The number of fused-ring (bicyclic) bond motifs is 1. The Labute approximate surface area is 148 Å². The summed E-state index contributed by atoms with van der Waals surface area (Å²) in [5.74, 6) is 0.989. The van der Waals surface area contributed by atoms with Gasteiger partial charge in [0.15, 0.2) is 0 Å². The Morgan fingerprint density at radius 3 is 2.56 bits per heavy atom. The van der Waals surface area contributed by atoms with Gasteiger partial charge in [-0.05, 0) is 31.5 Å². The molecule has 0 saturated carbocycles. The molecule has 1 amide bonds. The highest BCUT2D eigenvalue weighted by molar-refractivity contribution is 7.89. The van der Waals surface area contributed by atoms with E-state index >= 15 is 0 Å². The van der Waals surface area contributed by atoms with E-state index in [2.05, 4.69) is 4.98 Å². The van der Waals surface area contributed by atoms with Crippen molar-refractivity contribution in [2.45, 2.75) is 37.6 Å². The summed E-state index contributed by atoms with van der Waals surface area (Å²) in [5.41, 5.74) is 1.54. The predicted octanol–water partition coefficient (Wildman–Crippen LogP) is 1.47. The van der Waals surface area contributed by atoms with Crippen molar-refractivity contribution in [2.75, 3.05) is 27.2 Å². The number of aryl methyl sites for hydroxylation is 2. The van der Waals surface area contributed by atoms with Gasteiger partial charge in [0.05, 0.1) is 15.9 Å². The fourth-order valence-electron chi connectivity index (χ4n) is 3.02. The average Bonchev–Trinajstić information content (AvgIpc) is 2.87. The van der Waals surface area contributed by atoms with Gasteiger partial charge in [0.25, 0.3) is 0 Å². The molecule has 2 aromatic rings. The lowest BCUT2D eigenvalue weighted by Gasteiger charge is -2.30. The van der Waals surface area contributed by atoms with Gasteiger partial charge in [-0.2, -0.15) is 0 Å². The van der Waals surface area contributed by atoms with Crippen LogP contribution in [0.3, 0.4) is 0 Å². The van der Waals surface area contributed by atoms with Crippen LogP contribution in [0.4, 0.5) is 0 Å². The highest BCUT2D eigenvalue weighted by Crippen LogP contribution is 2.23. The minimum atomic E-state index is -3.49. The van der Waals surface area contributed by atoms with E-state index in [-0.39, 0.29) is 10.8 Å². The Bertz CT molecular complexity index is 898. The molecule has 1 aliphatic heterocycles. The molecule has 3 rings (SSSR count). The third kappa shape index (κ3) is 3.28. The van der Waals surface area contributed by atoms with Crippen molar-refractivity contribution in [1.29, 1.82) is 0 Å². The molecule has 0 aliphatic carbocycles. The molecule has 136 valence electrons. The van der Waals surface area contributed by atoms with E-state index in [1.165, 1.54) is 18.4 Å². The van der Waals surface area contributed by atoms with Crippen LogP contribution in [-0.2, 0) is 27.8 Å². The number of imidazole rings is 1. The quantitative estimate of drug-likeness (QED) is 0.778. The van der Waals surface area contributed by atoms with Gasteiger partial charge in [0.2, 0.25) is 15.9 Å². The molecule has 0 spiro atoms. The van der Waals surface area contributed by atoms with E-state index in [9.17, 15) is 13.2 Å². The van der Waals surface area contributed by atoms with Crippen LogP contribution >= 0.6 is 0 Å². The third-order valence-corrected chi connectivity index (χ3v) is 6.48. The van der Waals surface area contributed by atoms with Crippen LogP contribution in [0.25, 0.3) is 11.0 Å². The number of rotatable bonds is 6. The largest absolute Gasteiger partial charge is 0.343 e. The molecule has 0 radical (unpaired) electrons. The van der Waals surface area contributed by atoms with E-state index in [0.29, 0.717) is 18.4 Å². The van der Waals surface area contributed by atoms with E-state index in [0.717, 1.165) is 37.4 Å². The summed E-state index contributed by atoms with van der Waals surface area (Å²) < 4.78 is 27.9. The smallest absolute Gasteiger partial charge is 0.242 e. The molecule has 1 saturated heterocycles. The summed E-state index contributed by atoms with van der Waals surface area (Å²) in [7, 11) is -0.466. The van der Waals surface area contributed by atoms with Crippen LogP contribution in [0.1, 0.15) is 25.6 Å². The predicted molar refractivity (Wildman–Crippen MR) is 95.8 cm³/mol. The summed E-state index contributed by atoms with van der Waals surface area (Å²) in [6.07, 6.45) is 2.09. The molecule has 1 aromatic heterocycles. The zero-order chi connectivity index (χ0) is 18.2. The second-order valence-corrected chi connectivity index (χ2v) is 8.60. The van der Waals surface area contributed by atoms with Gasteiger partial charge in [0.1, 0.15) is 5.82 Å². The van der Waals surface area contributed by atoms with E-state index < -0.39 is 10.0 Å². The zero-order valence-corrected chi connectivity index (χ0v) is 15.7. The van der Waals surface area contributed by atoms with Crippen molar-refractivity contribution in [3.63, 3.8) is 0 Å². The standard InChI is InChI=1S/C17H24N4O3S/c1-4-21-15-7-6-13(25(23,24)19(2)3)12-14(15)18-16(21)8-9-17(22)20-10-5-11-20/h6-7,12H,4-5,8-11H2,1-3H3. The van der Waals surface area contributed by atoms with Gasteiger partial charge in [-0.25, -0.2) is 17.7 Å². The zero-order valence-electron chi connectivity index (χ0n) is 14.9. The Kier molecular flexibility index (Phi) is 4.83. The lowest BCUT2D eigenvalue weighted by Crippen LogP contribution is -2.42. The first-order valence-electron chi connectivity index (χ1n) is 8.54. The van der Waals surface area contributed by atoms with Crippen molar-refractivity contribution in [1.82, 2.24) is 18.8 Å². The minimum absolute atomic E-state index is 0.164. The van der Waals surface area contributed by atoms with Crippen molar-refractivity contribution >= 4 is 27.0 Å². The Morgan fingerprint density at radius 1 is 1.28 bits per heavy atom. The molecule has 0 unspecified atom stereocenters. The van der Waals surface area contributed by atoms with Crippen molar-refractivity contribution in [2.24, 2.45) is 0 Å². The number of aromatic nitrogens is 2. The van der Waals surface area contributed by atoms with Crippen LogP contribution in [-0.4, -0.2) is 60.3 Å². The Hall–Kier alpha value is -1.93. The first kappa shape index (κ1) is 17.9. The molecular weight excluding hydrogens is 340 g/mol. The number of sulfonamides is 1. The van der Waals surface area contributed by atoms with Gasteiger partial charge < -0.3 is 9.47 Å². The van der Waals surface area contributed by atoms with E-state index in [4.69, 9.17) is 0 Å². The van der Waals surface area contributed by atoms with Gasteiger partial charge in [-0.15, -0.1) is 0 Å². The molecule has 7 nitrogen and oxygen atoms in total. The van der Waals surface area contributed by atoms with Crippen molar-refractivity contribution in [3.8, 4) is 0 Å². The number of carbonyl (C=O) groups is 1. The van der Waals surface area contributed by atoms with Crippen LogP contribution in [0.5, 0.6) is 0 Å². The highest BCUT2D eigenvalue weighted by atomic mass is 32.2. The minimum Gasteiger partial charge on any atom is -0.343 e. The van der Waals surface area contributed by atoms with Crippen molar-refractivity contribution in [3.05, 3.63) is 24.0 Å². The molecule has 8 heteroatoms. The molecule has 0 bridgehead atoms. The van der Waals surface area contributed by atoms with Crippen molar-refractivity contribution < 1.29 is 13.2 Å². The third-order valence-electron chi connectivity index (χ3n) is 4.66. The van der Waals surface area contributed by atoms with E-state index in [1.807, 2.05) is 16.4 Å². The molecule has 25 heavy (non-hydrogen) atoms. The molecule has 1 aromatic carbocycles. The molecule has 2 heterocycles. The number of likely N-dealkylation sites (tertiary alicyclic amines) is 1. The topological polar surface area (TPSA) is 75.5 Å². The number of benzene rings is 1.